The summed E-state index contributed by atoms with van der Waals surface area (Å²) in [5.74, 6) is 1.12. The number of ketones is 1. The molecule has 0 bridgehead atoms. The average molecular weight is 337 g/mol. The van der Waals surface area contributed by atoms with Crippen LogP contribution in [-0.4, -0.2) is 18.0 Å². The molecule has 0 fully saturated rings. The number of hydrogen-bond acceptors (Lipinski definition) is 4. The minimum atomic E-state index is -0.105. The minimum Gasteiger partial charge on any atom is -0.508 e. The van der Waals surface area contributed by atoms with Crippen LogP contribution >= 0.6 is 0 Å². The van der Waals surface area contributed by atoms with E-state index < -0.39 is 0 Å². The number of methoxy groups -OCH3 is 1. The maximum absolute atomic E-state index is 12.7. The average Bonchev–Trinajstić information content (AvgIpc) is 2.59. The SMILES string of the molecule is C=C(C)CCc1cc2c(cc1OC)NC(c1ccc(O)cc1)CC2=O. The number of carbonyl (C=O) groups excluding carboxylic acids is 1. The summed E-state index contributed by atoms with van der Waals surface area (Å²) in [6, 6.07) is 10.7. The molecule has 4 heteroatoms. The van der Waals surface area contributed by atoms with E-state index >= 15 is 0 Å². The second-order valence-electron chi connectivity index (χ2n) is 6.58. The molecule has 0 aliphatic carbocycles. The monoisotopic (exact) mass is 337 g/mol. The van der Waals surface area contributed by atoms with E-state index in [9.17, 15) is 9.90 Å². The highest BCUT2D eigenvalue weighted by Crippen LogP contribution is 2.37. The Morgan fingerprint density at radius 3 is 2.68 bits per heavy atom. The van der Waals surface area contributed by atoms with E-state index in [1.807, 2.05) is 31.2 Å². The summed E-state index contributed by atoms with van der Waals surface area (Å²) in [6.07, 6.45) is 2.07. The van der Waals surface area contributed by atoms with Crippen molar-refractivity contribution in [2.45, 2.75) is 32.2 Å². The molecule has 130 valence electrons. The number of carbonyl (C=O) groups is 1. The molecule has 0 aromatic heterocycles. The van der Waals surface area contributed by atoms with Crippen LogP contribution in [0.4, 0.5) is 5.69 Å². The number of ether oxygens (including phenoxy) is 1. The van der Waals surface area contributed by atoms with Gasteiger partial charge in [-0.25, -0.2) is 0 Å². The lowest BCUT2D eigenvalue weighted by Crippen LogP contribution is -2.23. The van der Waals surface area contributed by atoms with Crippen molar-refractivity contribution in [1.82, 2.24) is 0 Å². The number of benzene rings is 2. The molecule has 0 amide bonds. The number of rotatable bonds is 5. The van der Waals surface area contributed by atoms with Crippen LogP contribution in [0.3, 0.4) is 0 Å². The Hall–Kier alpha value is -2.75. The number of fused-ring (bicyclic) bond motifs is 1. The summed E-state index contributed by atoms with van der Waals surface area (Å²) in [4.78, 5) is 12.7. The molecule has 2 N–H and O–H groups in total. The van der Waals surface area contributed by atoms with E-state index in [-0.39, 0.29) is 17.6 Å². The number of nitrogens with one attached hydrogen (secondary N) is 1. The Labute approximate surface area is 148 Å². The van der Waals surface area contributed by atoms with Crippen molar-refractivity contribution in [2.75, 3.05) is 12.4 Å². The van der Waals surface area contributed by atoms with Gasteiger partial charge < -0.3 is 15.2 Å². The predicted octanol–water partition coefficient (Wildman–Crippen LogP) is 4.65. The zero-order valence-electron chi connectivity index (χ0n) is 14.6. The lowest BCUT2D eigenvalue weighted by atomic mass is 9.90. The van der Waals surface area contributed by atoms with Crippen LogP contribution in [0, 0.1) is 0 Å². The normalized spacial score (nSPS) is 16.1. The van der Waals surface area contributed by atoms with Gasteiger partial charge in [-0.05, 0) is 49.1 Å². The molecule has 25 heavy (non-hydrogen) atoms. The van der Waals surface area contributed by atoms with Gasteiger partial charge in [0.25, 0.3) is 0 Å². The van der Waals surface area contributed by atoms with Crippen LogP contribution in [-0.2, 0) is 6.42 Å². The molecule has 4 nitrogen and oxygen atoms in total. The third-order valence-corrected chi connectivity index (χ3v) is 4.56. The van der Waals surface area contributed by atoms with Crippen LogP contribution < -0.4 is 10.1 Å². The summed E-state index contributed by atoms with van der Waals surface area (Å²) in [5, 5.41) is 12.9. The predicted molar refractivity (Wildman–Crippen MR) is 99.5 cm³/mol. The second-order valence-corrected chi connectivity index (χ2v) is 6.58. The molecule has 1 aliphatic rings. The van der Waals surface area contributed by atoms with Gasteiger partial charge in [0.15, 0.2) is 5.78 Å². The van der Waals surface area contributed by atoms with E-state index in [1.54, 1.807) is 19.2 Å². The van der Waals surface area contributed by atoms with Gasteiger partial charge in [0.05, 0.1) is 13.2 Å². The first kappa shape index (κ1) is 17.1. The summed E-state index contributed by atoms with van der Waals surface area (Å²) >= 11 is 0. The molecule has 0 radical (unpaired) electrons. The van der Waals surface area contributed by atoms with Crippen molar-refractivity contribution in [1.29, 1.82) is 0 Å². The van der Waals surface area contributed by atoms with Gasteiger partial charge in [0.1, 0.15) is 11.5 Å². The van der Waals surface area contributed by atoms with E-state index in [4.69, 9.17) is 4.74 Å². The molecule has 1 atom stereocenters. The third-order valence-electron chi connectivity index (χ3n) is 4.56. The fourth-order valence-electron chi connectivity index (χ4n) is 3.15. The first-order chi connectivity index (χ1) is 12.0. The van der Waals surface area contributed by atoms with Crippen LogP contribution in [0.5, 0.6) is 11.5 Å². The Bertz CT molecular complexity index is 809. The highest BCUT2D eigenvalue weighted by Gasteiger charge is 2.27. The maximum atomic E-state index is 12.7. The van der Waals surface area contributed by atoms with Gasteiger partial charge in [0.2, 0.25) is 0 Å². The quantitative estimate of drug-likeness (QED) is 0.780. The molecule has 0 saturated carbocycles. The van der Waals surface area contributed by atoms with Crippen molar-refractivity contribution in [3.05, 3.63) is 65.2 Å². The topological polar surface area (TPSA) is 58.6 Å². The summed E-state index contributed by atoms with van der Waals surface area (Å²) < 4.78 is 5.52. The van der Waals surface area contributed by atoms with Crippen molar-refractivity contribution in [3.63, 3.8) is 0 Å². The molecular weight excluding hydrogens is 314 g/mol. The Balaban J connectivity index is 1.91. The van der Waals surface area contributed by atoms with E-state index in [1.165, 1.54) is 0 Å². The van der Waals surface area contributed by atoms with Gasteiger partial charge >= 0.3 is 0 Å². The standard InChI is InChI=1S/C21H23NO3/c1-13(2)4-5-15-10-17-19(12-21(15)25-3)22-18(11-20(17)24)14-6-8-16(23)9-7-14/h6-10,12,18,22-23H,1,4-5,11H2,2-3H3. The molecule has 0 saturated heterocycles. The molecular formula is C21H23NO3. The third kappa shape index (κ3) is 3.68. The lowest BCUT2D eigenvalue weighted by molar-refractivity contribution is 0.0972. The molecule has 1 unspecified atom stereocenters. The van der Waals surface area contributed by atoms with Crippen molar-refractivity contribution < 1.29 is 14.6 Å². The minimum absolute atomic E-state index is 0.105. The van der Waals surface area contributed by atoms with Crippen LogP contribution in [0.25, 0.3) is 0 Å². The highest BCUT2D eigenvalue weighted by atomic mass is 16.5. The number of anilines is 1. The fraction of sp³-hybridized carbons (Fsp3) is 0.286. The van der Waals surface area contributed by atoms with E-state index in [2.05, 4.69) is 11.9 Å². The number of aryl methyl sites for hydroxylation is 1. The van der Waals surface area contributed by atoms with Crippen molar-refractivity contribution in [2.24, 2.45) is 0 Å². The highest BCUT2D eigenvalue weighted by molar-refractivity contribution is 6.04. The van der Waals surface area contributed by atoms with Gasteiger partial charge in [-0.15, -0.1) is 6.58 Å². The van der Waals surface area contributed by atoms with E-state index in [0.717, 1.165) is 41.0 Å². The molecule has 3 rings (SSSR count). The summed E-state index contributed by atoms with van der Waals surface area (Å²) in [7, 11) is 1.65. The van der Waals surface area contributed by atoms with Crippen molar-refractivity contribution in [3.8, 4) is 11.5 Å². The lowest BCUT2D eigenvalue weighted by Gasteiger charge is -2.28. The maximum Gasteiger partial charge on any atom is 0.167 e. The smallest absolute Gasteiger partial charge is 0.167 e. The van der Waals surface area contributed by atoms with Gasteiger partial charge in [-0.3, -0.25) is 4.79 Å². The van der Waals surface area contributed by atoms with Gasteiger partial charge in [-0.1, -0.05) is 17.7 Å². The number of phenols is 1. The molecule has 2 aromatic rings. The number of Topliss-reactive ketones (excluding diaryl/α,β-unsaturated/α-hetero) is 1. The largest absolute Gasteiger partial charge is 0.508 e. The fourth-order valence-corrected chi connectivity index (χ4v) is 3.15. The Morgan fingerprint density at radius 1 is 1.32 bits per heavy atom. The number of aromatic hydroxyl groups is 1. The molecule has 1 heterocycles. The van der Waals surface area contributed by atoms with Crippen LogP contribution in [0.2, 0.25) is 0 Å². The van der Waals surface area contributed by atoms with Crippen LogP contribution in [0.15, 0.2) is 48.6 Å². The zero-order valence-corrected chi connectivity index (χ0v) is 14.6. The number of allylic oxidation sites excluding steroid dienone is 1. The second kappa shape index (κ2) is 7.01. The molecule has 2 aromatic carbocycles. The molecule has 0 spiro atoms. The molecule has 1 aliphatic heterocycles. The van der Waals surface area contributed by atoms with E-state index in [0.29, 0.717) is 12.0 Å². The van der Waals surface area contributed by atoms with Gasteiger partial charge in [0, 0.05) is 23.7 Å². The first-order valence-corrected chi connectivity index (χ1v) is 8.42. The van der Waals surface area contributed by atoms with Gasteiger partial charge in [-0.2, -0.15) is 0 Å². The first-order valence-electron chi connectivity index (χ1n) is 8.42. The number of hydrogen-bond donors (Lipinski definition) is 2. The Morgan fingerprint density at radius 2 is 2.04 bits per heavy atom. The van der Waals surface area contributed by atoms with Crippen molar-refractivity contribution >= 4 is 11.5 Å². The number of phenolic OH excluding ortho intramolecular Hbond substituents is 1. The van der Waals surface area contributed by atoms with Crippen LogP contribution in [0.1, 0.15) is 47.3 Å². The zero-order chi connectivity index (χ0) is 18.0. The summed E-state index contributed by atoms with van der Waals surface area (Å²) in [5.41, 5.74) is 4.62. The summed E-state index contributed by atoms with van der Waals surface area (Å²) in [6.45, 7) is 5.94. The Kier molecular flexibility index (Phi) is 4.79.